The predicted molar refractivity (Wildman–Crippen MR) is 125 cm³/mol. The van der Waals surface area contributed by atoms with Gasteiger partial charge in [-0.2, -0.15) is 0 Å². The van der Waals surface area contributed by atoms with Gasteiger partial charge >= 0.3 is 5.97 Å². The summed E-state index contributed by atoms with van der Waals surface area (Å²) in [6.07, 6.45) is 4.92. The molecule has 3 atom stereocenters. The van der Waals surface area contributed by atoms with Crippen molar-refractivity contribution in [1.29, 1.82) is 0 Å². The van der Waals surface area contributed by atoms with Crippen LogP contribution in [0.1, 0.15) is 45.6 Å². The minimum absolute atomic E-state index is 0.00715. The van der Waals surface area contributed by atoms with Gasteiger partial charge in [-0.25, -0.2) is 0 Å². The lowest BCUT2D eigenvalue weighted by Crippen LogP contribution is -2.36. The maximum Gasteiger partial charge on any atom is 0.316 e. The molecule has 4 rings (SSSR count). The Morgan fingerprint density at radius 1 is 1.19 bits per heavy atom. The summed E-state index contributed by atoms with van der Waals surface area (Å²) < 4.78 is 13.5. The molecule has 1 aliphatic carbocycles. The molecule has 2 aromatic heterocycles. The molecule has 170 valence electrons. The SMILES string of the molecule is CC(C)[C@@H]1CC[C@@H](C)C[C@H]1OC(=O)CSc1nnc(-c2ccco2)n1Cc1ccccc1. The summed E-state index contributed by atoms with van der Waals surface area (Å²) >= 11 is 1.36. The van der Waals surface area contributed by atoms with E-state index in [0.29, 0.717) is 41.0 Å². The molecule has 0 bridgehead atoms. The average Bonchev–Trinajstić information content (AvgIpc) is 3.43. The summed E-state index contributed by atoms with van der Waals surface area (Å²) in [5.74, 6) is 2.87. The van der Waals surface area contributed by atoms with Crippen molar-refractivity contribution in [2.45, 2.75) is 57.8 Å². The van der Waals surface area contributed by atoms with E-state index >= 15 is 0 Å². The van der Waals surface area contributed by atoms with Crippen LogP contribution in [0.4, 0.5) is 0 Å². The smallest absolute Gasteiger partial charge is 0.316 e. The van der Waals surface area contributed by atoms with Crippen LogP contribution in [0, 0.1) is 17.8 Å². The zero-order valence-corrected chi connectivity index (χ0v) is 19.8. The number of aromatic nitrogens is 3. The third kappa shape index (κ3) is 5.44. The number of carbonyl (C=O) groups is 1. The molecule has 2 heterocycles. The van der Waals surface area contributed by atoms with Crippen LogP contribution in [0.5, 0.6) is 0 Å². The van der Waals surface area contributed by atoms with E-state index in [0.717, 1.165) is 18.4 Å². The predicted octanol–water partition coefficient (Wildman–Crippen LogP) is 5.68. The second kappa shape index (κ2) is 10.4. The van der Waals surface area contributed by atoms with E-state index in [9.17, 15) is 4.79 Å². The van der Waals surface area contributed by atoms with Gasteiger partial charge in [0.15, 0.2) is 10.9 Å². The Bertz CT molecular complexity index is 1000. The molecule has 0 amide bonds. The molecule has 0 radical (unpaired) electrons. The van der Waals surface area contributed by atoms with Crippen molar-refractivity contribution in [2.75, 3.05) is 5.75 Å². The molecule has 0 N–H and O–H groups in total. The van der Waals surface area contributed by atoms with Gasteiger partial charge in [-0.15, -0.1) is 10.2 Å². The summed E-state index contributed by atoms with van der Waals surface area (Å²) in [6, 6.07) is 13.8. The Morgan fingerprint density at radius 2 is 2.00 bits per heavy atom. The van der Waals surface area contributed by atoms with Gasteiger partial charge in [0.2, 0.25) is 5.82 Å². The quantitative estimate of drug-likeness (QED) is 0.323. The van der Waals surface area contributed by atoms with Gasteiger partial charge in [0, 0.05) is 0 Å². The maximum absolute atomic E-state index is 12.7. The first kappa shape index (κ1) is 22.6. The summed E-state index contributed by atoms with van der Waals surface area (Å²) in [6.45, 7) is 7.28. The lowest BCUT2D eigenvalue weighted by atomic mass is 9.75. The van der Waals surface area contributed by atoms with Crippen molar-refractivity contribution in [3.8, 4) is 11.6 Å². The van der Waals surface area contributed by atoms with Crippen LogP contribution in [0.25, 0.3) is 11.6 Å². The number of hydrogen-bond acceptors (Lipinski definition) is 6. The van der Waals surface area contributed by atoms with Gasteiger partial charge in [0.1, 0.15) is 6.10 Å². The Morgan fingerprint density at radius 3 is 2.72 bits per heavy atom. The number of nitrogens with zero attached hydrogens (tertiary/aromatic N) is 3. The van der Waals surface area contributed by atoms with Crippen LogP contribution in [-0.2, 0) is 16.1 Å². The monoisotopic (exact) mass is 453 g/mol. The van der Waals surface area contributed by atoms with Gasteiger partial charge in [0.05, 0.1) is 18.6 Å². The van der Waals surface area contributed by atoms with Crippen LogP contribution in [-0.4, -0.2) is 32.6 Å². The van der Waals surface area contributed by atoms with Crippen molar-refractivity contribution >= 4 is 17.7 Å². The van der Waals surface area contributed by atoms with Crippen molar-refractivity contribution in [3.63, 3.8) is 0 Å². The molecular formula is C25H31N3O3S. The molecule has 0 unspecified atom stereocenters. The van der Waals surface area contributed by atoms with Crippen LogP contribution < -0.4 is 0 Å². The summed E-state index contributed by atoms with van der Waals surface area (Å²) in [5.41, 5.74) is 1.13. The van der Waals surface area contributed by atoms with Gasteiger partial charge < -0.3 is 9.15 Å². The molecule has 7 heteroatoms. The summed E-state index contributed by atoms with van der Waals surface area (Å²) in [7, 11) is 0. The molecule has 6 nitrogen and oxygen atoms in total. The fourth-order valence-corrected chi connectivity index (χ4v) is 5.19. The number of thioether (sulfide) groups is 1. The van der Waals surface area contributed by atoms with E-state index in [1.54, 1.807) is 6.26 Å². The molecule has 0 aliphatic heterocycles. The number of carbonyl (C=O) groups excluding carboxylic acids is 1. The highest BCUT2D eigenvalue weighted by Gasteiger charge is 2.33. The molecule has 0 saturated heterocycles. The maximum atomic E-state index is 12.7. The highest BCUT2D eigenvalue weighted by molar-refractivity contribution is 7.99. The molecule has 1 saturated carbocycles. The number of esters is 1. The number of rotatable bonds is 8. The fourth-order valence-electron chi connectivity index (χ4n) is 4.47. The van der Waals surface area contributed by atoms with Gasteiger partial charge in [-0.05, 0) is 48.3 Å². The summed E-state index contributed by atoms with van der Waals surface area (Å²) in [5, 5.41) is 9.37. The standard InChI is InChI=1S/C25H31N3O3S/c1-17(2)20-12-11-18(3)14-22(20)31-23(29)16-32-25-27-26-24(21-10-7-13-30-21)28(25)15-19-8-5-4-6-9-19/h4-10,13,17-18,20,22H,11-12,14-16H2,1-3H3/t18-,20+,22-/m1/s1. The van der Waals surface area contributed by atoms with Crippen LogP contribution in [0.15, 0.2) is 58.3 Å². The normalized spacial score (nSPS) is 21.1. The first-order valence-electron chi connectivity index (χ1n) is 11.3. The lowest BCUT2D eigenvalue weighted by Gasteiger charge is -2.36. The Kier molecular flexibility index (Phi) is 7.35. The van der Waals surface area contributed by atoms with Crippen molar-refractivity contribution in [2.24, 2.45) is 17.8 Å². The Labute approximate surface area is 193 Å². The summed E-state index contributed by atoms with van der Waals surface area (Å²) in [4.78, 5) is 12.7. The van der Waals surface area contributed by atoms with E-state index < -0.39 is 0 Å². The zero-order valence-electron chi connectivity index (χ0n) is 18.9. The van der Waals surface area contributed by atoms with E-state index in [1.807, 2.05) is 34.9 Å². The first-order chi connectivity index (χ1) is 15.5. The second-order valence-corrected chi connectivity index (χ2v) is 9.94. The zero-order chi connectivity index (χ0) is 22.5. The third-order valence-electron chi connectivity index (χ3n) is 6.21. The topological polar surface area (TPSA) is 70.2 Å². The largest absolute Gasteiger partial charge is 0.461 e. The second-order valence-electron chi connectivity index (χ2n) is 9.00. The minimum atomic E-state index is -0.187. The van der Waals surface area contributed by atoms with Gasteiger partial charge in [0.25, 0.3) is 0 Å². The first-order valence-corrected chi connectivity index (χ1v) is 12.3. The minimum Gasteiger partial charge on any atom is -0.461 e. The molecule has 0 spiro atoms. The van der Waals surface area contributed by atoms with E-state index in [4.69, 9.17) is 9.15 Å². The van der Waals surface area contributed by atoms with Crippen LogP contribution in [0.2, 0.25) is 0 Å². The highest BCUT2D eigenvalue weighted by Crippen LogP contribution is 2.35. The highest BCUT2D eigenvalue weighted by atomic mass is 32.2. The fraction of sp³-hybridized carbons (Fsp3) is 0.480. The molecule has 1 fully saturated rings. The van der Waals surface area contributed by atoms with Gasteiger partial charge in [-0.3, -0.25) is 9.36 Å². The molecular weight excluding hydrogens is 422 g/mol. The van der Waals surface area contributed by atoms with Gasteiger partial charge in [-0.1, -0.05) is 69.3 Å². The molecule has 32 heavy (non-hydrogen) atoms. The number of hydrogen-bond donors (Lipinski definition) is 0. The Balaban J connectivity index is 1.46. The van der Waals surface area contributed by atoms with Crippen molar-refractivity contribution in [1.82, 2.24) is 14.8 Å². The number of furan rings is 1. The van der Waals surface area contributed by atoms with Crippen molar-refractivity contribution in [3.05, 3.63) is 54.3 Å². The third-order valence-corrected chi connectivity index (χ3v) is 7.15. The molecule has 1 aliphatic rings. The van der Waals surface area contributed by atoms with E-state index in [2.05, 4.69) is 43.1 Å². The Hall–Kier alpha value is -2.54. The molecule has 3 aromatic rings. The van der Waals surface area contributed by atoms with Crippen molar-refractivity contribution < 1.29 is 13.9 Å². The van der Waals surface area contributed by atoms with E-state index in [-0.39, 0.29) is 17.8 Å². The van der Waals surface area contributed by atoms with E-state index in [1.165, 1.54) is 18.2 Å². The van der Waals surface area contributed by atoms with Crippen LogP contribution >= 0.6 is 11.8 Å². The average molecular weight is 454 g/mol. The number of ether oxygens (including phenoxy) is 1. The number of benzene rings is 1. The lowest BCUT2D eigenvalue weighted by molar-refractivity contribution is -0.152. The van der Waals surface area contributed by atoms with Crippen LogP contribution in [0.3, 0.4) is 0 Å². The molecule has 1 aromatic carbocycles.